The molecule has 3 aromatic carbocycles. The Hall–Kier alpha value is -3.36. The number of hydrogen-bond donors (Lipinski definition) is 0. The Morgan fingerprint density at radius 3 is 2.86 bits per heavy atom. The quantitative estimate of drug-likeness (QED) is 0.264. The van der Waals surface area contributed by atoms with E-state index in [-0.39, 0.29) is 12.4 Å². The van der Waals surface area contributed by atoms with Gasteiger partial charge in [-0.2, -0.15) is 9.78 Å². The van der Waals surface area contributed by atoms with Gasteiger partial charge in [-0.15, -0.1) is 0 Å². The smallest absolute Gasteiger partial charge is 0.282 e. The second kappa shape index (κ2) is 10.1. The maximum Gasteiger partial charge on any atom is 0.282 e. The first-order valence-electron chi connectivity index (χ1n) is 11.1. The molecule has 1 aliphatic heterocycles. The number of halogens is 2. The van der Waals surface area contributed by atoms with E-state index < -0.39 is 0 Å². The molecule has 0 spiro atoms. The van der Waals surface area contributed by atoms with Gasteiger partial charge in [0.15, 0.2) is 11.5 Å². The monoisotopic (exact) mass is 553 g/mol. The third kappa shape index (κ3) is 5.04. The lowest BCUT2D eigenvalue weighted by atomic mass is 10.2. The van der Waals surface area contributed by atoms with Crippen LogP contribution < -0.4 is 19.8 Å². The van der Waals surface area contributed by atoms with Gasteiger partial charge in [0.2, 0.25) is 6.79 Å². The van der Waals surface area contributed by atoms with Crippen LogP contribution in [0.5, 0.6) is 17.2 Å². The van der Waals surface area contributed by atoms with E-state index in [2.05, 4.69) is 26.0 Å². The summed E-state index contributed by atoms with van der Waals surface area (Å²) in [5.74, 6) is 2.59. The minimum absolute atomic E-state index is 0.220. The van der Waals surface area contributed by atoms with Crippen LogP contribution in [-0.2, 0) is 13.0 Å². The third-order valence-electron chi connectivity index (χ3n) is 5.46. The van der Waals surface area contributed by atoms with Crippen molar-refractivity contribution in [3.8, 4) is 17.2 Å². The summed E-state index contributed by atoms with van der Waals surface area (Å²) in [6, 6.07) is 16.4. The zero-order valence-electron chi connectivity index (χ0n) is 18.8. The highest BCUT2D eigenvalue weighted by Crippen LogP contribution is 2.33. The number of aryl methyl sites for hydroxylation is 1. The molecule has 0 atom stereocenters. The Morgan fingerprint density at radius 1 is 1.14 bits per heavy atom. The molecule has 0 radical (unpaired) electrons. The fourth-order valence-electron chi connectivity index (χ4n) is 3.76. The van der Waals surface area contributed by atoms with E-state index in [4.69, 9.17) is 25.8 Å². The van der Waals surface area contributed by atoms with Crippen LogP contribution >= 0.6 is 27.5 Å². The summed E-state index contributed by atoms with van der Waals surface area (Å²) in [4.78, 5) is 17.9. The number of aromatic nitrogens is 2. The van der Waals surface area contributed by atoms with Crippen LogP contribution in [0.3, 0.4) is 0 Å². The van der Waals surface area contributed by atoms with Crippen molar-refractivity contribution in [3.05, 3.63) is 91.4 Å². The van der Waals surface area contributed by atoms with Gasteiger partial charge in [-0.3, -0.25) is 4.79 Å². The van der Waals surface area contributed by atoms with Crippen molar-refractivity contribution in [2.75, 3.05) is 6.79 Å². The minimum Gasteiger partial charge on any atom is -0.488 e. The Bertz CT molecular complexity index is 1500. The minimum atomic E-state index is -0.235. The molecule has 0 saturated carbocycles. The van der Waals surface area contributed by atoms with Crippen LogP contribution in [0.2, 0.25) is 5.02 Å². The van der Waals surface area contributed by atoms with Crippen molar-refractivity contribution in [1.82, 2.24) is 9.66 Å². The molecule has 0 aliphatic carbocycles. The number of nitrogens with zero attached hydrogens (tertiary/aromatic N) is 3. The average molecular weight is 555 g/mol. The first kappa shape index (κ1) is 23.4. The number of fused-ring (bicyclic) bond motifs is 2. The van der Waals surface area contributed by atoms with E-state index in [9.17, 15) is 4.79 Å². The normalized spacial score (nSPS) is 12.5. The molecule has 0 amide bonds. The van der Waals surface area contributed by atoms with E-state index in [1.165, 1.54) is 4.68 Å². The van der Waals surface area contributed by atoms with Crippen LogP contribution in [0.25, 0.3) is 10.9 Å². The van der Waals surface area contributed by atoms with E-state index >= 15 is 0 Å². The molecule has 0 unspecified atom stereocenters. The lowest BCUT2D eigenvalue weighted by Gasteiger charge is -2.11. The SMILES string of the molecule is CCCc1nc2ccc(Br)cc2c(=O)n1N=Cc1cc(Cl)ccc1OCc1ccc2c(c1)OCO2. The highest BCUT2D eigenvalue weighted by Gasteiger charge is 2.14. The predicted molar refractivity (Wildman–Crippen MR) is 139 cm³/mol. The molecule has 178 valence electrons. The van der Waals surface area contributed by atoms with Crippen LogP contribution in [0.1, 0.15) is 30.3 Å². The number of rotatable bonds is 7. The third-order valence-corrected chi connectivity index (χ3v) is 6.19. The molecule has 0 bridgehead atoms. The highest BCUT2D eigenvalue weighted by atomic mass is 79.9. The standard InChI is InChI=1S/C26H21BrClN3O4/c1-2-3-25-30-21-7-5-18(27)12-20(21)26(32)31(25)29-13-17-11-19(28)6-9-22(17)33-14-16-4-8-23-24(10-16)35-15-34-23/h4-13H,2-3,14-15H2,1H3. The van der Waals surface area contributed by atoms with Crippen molar-refractivity contribution in [2.24, 2.45) is 5.10 Å². The molecular formula is C26H21BrClN3O4. The van der Waals surface area contributed by atoms with Crippen LogP contribution in [0.15, 0.2) is 69.0 Å². The summed E-state index contributed by atoms with van der Waals surface area (Å²) < 4.78 is 19.0. The largest absolute Gasteiger partial charge is 0.488 e. The summed E-state index contributed by atoms with van der Waals surface area (Å²) in [5, 5.41) is 5.52. The molecule has 9 heteroatoms. The molecule has 4 aromatic rings. The lowest BCUT2D eigenvalue weighted by molar-refractivity contribution is 0.174. The lowest BCUT2D eigenvalue weighted by Crippen LogP contribution is -2.22. The summed E-state index contributed by atoms with van der Waals surface area (Å²) in [7, 11) is 0. The van der Waals surface area contributed by atoms with Crippen molar-refractivity contribution in [3.63, 3.8) is 0 Å². The van der Waals surface area contributed by atoms with Gasteiger partial charge in [-0.25, -0.2) is 4.98 Å². The van der Waals surface area contributed by atoms with Crippen LogP contribution in [0, 0.1) is 0 Å². The Morgan fingerprint density at radius 2 is 2.00 bits per heavy atom. The molecule has 7 nitrogen and oxygen atoms in total. The van der Waals surface area contributed by atoms with Gasteiger partial charge in [0.05, 0.1) is 17.1 Å². The molecule has 5 rings (SSSR count). The predicted octanol–water partition coefficient (Wildman–Crippen LogP) is 5.95. The van der Waals surface area contributed by atoms with Gasteiger partial charge in [0, 0.05) is 21.5 Å². The maximum absolute atomic E-state index is 13.3. The first-order chi connectivity index (χ1) is 17.0. The topological polar surface area (TPSA) is 74.9 Å². The summed E-state index contributed by atoms with van der Waals surface area (Å²) in [6.07, 6.45) is 3.01. The van der Waals surface area contributed by atoms with Crippen molar-refractivity contribution in [1.29, 1.82) is 0 Å². The van der Waals surface area contributed by atoms with Gasteiger partial charge in [-0.05, 0) is 60.5 Å². The fourth-order valence-corrected chi connectivity index (χ4v) is 4.30. The highest BCUT2D eigenvalue weighted by molar-refractivity contribution is 9.10. The second-order valence-electron chi connectivity index (χ2n) is 7.96. The summed E-state index contributed by atoms with van der Waals surface area (Å²) >= 11 is 9.68. The molecule has 35 heavy (non-hydrogen) atoms. The molecule has 0 fully saturated rings. The van der Waals surface area contributed by atoms with E-state index in [0.717, 1.165) is 22.2 Å². The summed E-state index contributed by atoms with van der Waals surface area (Å²) in [6.45, 7) is 2.56. The van der Waals surface area contributed by atoms with Crippen LogP contribution in [0.4, 0.5) is 0 Å². The number of hydrogen-bond acceptors (Lipinski definition) is 6. The summed E-state index contributed by atoms with van der Waals surface area (Å²) in [5.41, 5.74) is 1.98. The van der Waals surface area contributed by atoms with E-state index in [1.54, 1.807) is 30.5 Å². The Balaban J connectivity index is 1.47. The Kier molecular flexibility index (Phi) is 6.74. The van der Waals surface area contributed by atoms with Gasteiger partial charge >= 0.3 is 0 Å². The van der Waals surface area contributed by atoms with E-state index in [1.807, 2.05) is 37.3 Å². The zero-order valence-corrected chi connectivity index (χ0v) is 21.2. The van der Waals surface area contributed by atoms with Gasteiger partial charge in [0.1, 0.15) is 18.2 Å². The second-order valence-corrected chi connectivity index (χ2v) is 9.31. The number of ether oxygens (including phenoxy) is 3. The number of benzene rings is 3. The maximum atomic E-state index is 13.3. The van der Waals surface area contributed by atoms with Gasteiger partial charge in [-0.1, -0.05) is 40.5 Å². The molecule has 0 N–H and O–H groups in total. The van der Waals surface area contributed by atoms with Crippen molar-refractivity contribution in [2.45, 2.75) is 26.4 Å². The van der Waals surface area contributed by atoms with Crippen molar-refractivity contribution < 1.29 is 14.2 Å². The molecule has 1 aromatic heterocycles. The van der Waals surface area contributed by atoms with E-state index in [0.29, 0.717) is 51.8 Å². The zero-order chi connectivity index (χ0) is 24.4. The van der Waals surface area contributed by atoms with Crippen LogP contribution in [-0.4, -0.2) is 22.7 Å². The molecular weight excluding hydrogens is 534 g/mol. The fraction of sp³-hybridized carbons (Fsp3) is 0.192. The van der Waals surface area contributed by atoms with Gasteiger partial charge in [0.25, 0.3) is 5.56 Å². The molecule has 2 heterocycles. The van der Waals surface area contributed by atoms with Crippen molar-refractivity contribution >= 4 is 44.6 Å². The first-order valence-corrected chi connectivity index (χ1v) is 12.3. The van der Waals surface area contributed by atoms with Gasteiger partial charge < -0.3 is 14.2 Å². The average Bonchev–Trinajstić information content (AvgIpc) is 3.32. The Labute approximate surface area is 215 Å². The molecule has 0 saturated heterocycles. The molecule has 1 aliphatic rings.